The van der Waals surface area contributed by atoms with E-state index in [1.165, 1.54) is 0 Å². The first-order valence-electron chi connectivity index (χ1n) is 5.59. The molecule has 0 aromatic carbocycles. The zero-order valence-electron chi connectivity index (χ0n) is 9.64. The minimum absolute atomic E-state index is 0.0653. The number of likely N-dealkylation sites (N-methyl/N-ethyl adjacent to an activating group) is 1. The van der Waals surface area contributed by atoms with E-state index in [1.807, 2.05) is 7.05 Å². The molecule has 1 saturated heterocycles. The van der Waals surface area contributed by atoms with Crippen molar-refractivity contribution in [3.05, 3.63) is 27.9 Å². The van der Waals surface area contributed by atoms with Crippen LogP contribution < -0.4 is 5.69 Å². The van der Waals surface area contributed by atoms with Crippen LogP contribution in [-0.4, -0.2) is 46.1 Å². The molecule has 0 saturated carbocycles. The van der Waals surface area contributed by atoms with Gasteiger partial charge in [-0.2, -0.15) is 0 Å². The Hall–Kier alpha value is -1.69. The molecule has 1 atom stereocenters. The molecule has 0 radical (unpaired) electrons. The van der Waals surface area contributed by atoms with Crippen molar-refractivity contribution in [2.75, 3.05) is 20.1 Å². The van der Waals surface area contributed by atoms with Crippen LogP contribution in [0.4, 0.5) is 0 Å². The molecule has 0 aliphatic carbocycles. The lowest BCUT2D eigenvalue weighted by Gasteiger charge is -2.30. The van der Waals surface area contributed by atoms with Crippen LogP contribution in [0.5, 0.6) is 0 Å². The van der Waals surface area contributed by atoms with Gasteiger partial charge >= 0.3 is 11.7 Å². The number of nitrogens with one attached hydrogen (secondary N) is 1. The summed E-state index contributed by atoms with van der Waals surface area (Å²) in [5.41, 5.74) is 0.118. The van der Waals surface area contributed by atoms with Gasteiger partial charge in [-0.3, -0.25) is 0 Å². The highest BCUT2D eigenvalue weighted by Gasteiger charge is 2.24. The van der Waals surface area contributed by atoms with E-state index in [9.17, 15) is 9.59 Å². The largest absolute Gasteiger partial charge is 0.478 e. The van der Waals surface area contributed by atoms with Crippen LogP contribution in [0.1, 0.15) is 34.8 Å². The molecule has 1 aliphatic rings. The maximum Gasteiger partial charge on any atom is 0.345 e. The molecule has 2 heterocycles. The van der Waals surface area contributed by atoms with Crippen LogP contribution in [0.2, 0.25) is 0 Å². The summed E-state index contributed by atoms with van der Waals surface area (Å²) in [5.74, 6) is -0.979. The fourth-order valence-corrected chi connectivity index (χ4v) is 2.30. The zero-order valence-corrected chi connectivity index (χ0v) is 9.64. The predicted molar refractivity (Wildman–Crippen MR) is 61.3 cm³/mol. The fourth-order valence-electron chi connectivity index (χ4n) is 2.30. The van der Waals surface area contributed by atoms with Gasteiger partial charge in [-0.25, -0.2) is 14.6 Å². The molecule has 0 spiro atoms. The second kappa shape index (κ2) is 4.67. The highest BCUT2D eigenvalue weighted by atomic mass is 16.4. The third kappa shape index (κ3) is 2.52. The van der Waals surface area contributed by atoms with Crippen molar-refractivity contribution in [1.29, 1.82) is 0 Å². The minimum atomic E-state index is -1.04. The molecule has 1 aliphatic heterocycles. The van der Waals surface area contributed by atoms with E-state index in [4.69, 9.17) is 5.11 Å². The van der Waals surface area contributed by atoms with E-state index in [0.717, 1.165) is 32.1 Å². The van der Waals surface area contributed by atoms with Crippen LogP contribution in [0.25, 0.3) is 0 Å². The van der Waals surface area contributed by atoms with Crippen molar-refractivity contribution in [1.82, 2.24) is 14.9 Å². The standard InChI is InChI=1S/C11H15N3O3/c1-14-4-2-3-7(6-14)9-8(10(15)16)5-12-11(17)13-9/h5,7H,2-4,6H2,1H3,(H,15,16)(H,12,13,17). The Labute approximate surface area is 98.3 Å². The minimum Gasteiger partial charge on any atom is -0.478 e. The Kier molecular flexibility index (Phi) is 3.23. The van der Waals surface area contributed by atoms with Crippen molar-refractivity contribution < 1.29 is 9.90 Å². The van der Waals surface area contributed by atoms with Gasteiger partial charge in [-0.05, 0) is 26.4 Å². The highest BCUT2D eigenvalue weighted by molar-refractivity contribution is 5.88. The first kappa shape index (κ1) is 11.8. The lowest BCUT2D eigenvalue weighted by Crippen LogP contribution is -2.33. The Morgan fingerprint density at radius 3 is 3.06 bits per heavy atom. The number of hydrogen-bond donors (Lipinski definition) is 2. The first-order chi connectivity index (χ1) is 8.08. The van der Waals surface area contributed by atoms with Gasteiger partial charge in [0.2, 0.25) is 0 Å². The van der Waals surface area contributed by atoms with Gasteiger partial charge in [0.25, 0.3) is 0 Å². The van der Waals surface area contributed by atoms with Gasteiger partial charge in [0, 0.05) is 24.4 Å². The summed E-state index contributed by atoms with van der Waals surface area (Å²) in [5, 5.41) is 9.08. The van der Waals surface area contributed by atoms with Crippen LogP contribution in [0.15, 0.2) is 11.0 Å². The van der Waals surface area contributed by atoms with Crippen LogP contribution in [0.3, 0.4) is 0 Å². The first-order valence-corrected chi connectivity index (χ1v) is 5.59. The number of aromatic amines is 1. The molecule has 1 unspecified atom stereocenters. The number of nitrogens with zero attached hydrogens (tertiary/aromatic N) is 2. The van der Waals surface area contributed by atoms with Gasteiger partial charge in [0.15, 0.2) is 0 Å². The maximum absolute atomic E-state index is 11.2. The monoisotopic (exact) mass is 237 g/mol. The Balaban J connectivity index is 2.38. The molecule has 6 heteroatoms. The number of piperidine rings is 1. The molecule has 1 aromatic heterocycles. The summed E-state index contributed by atoms with van der Waals surface area (Å²) in [4.78, 5) is 30.5. The van der Waals surface area contributed by atoms with Crippen LogP contribution in [0, 0.1) is 0 Å². The van der Waals surface area contributed by atoms with Gasteiger partial charge in [0.1, 0.15) is 0 Å². The summed E-state index contributed by atoms with van der Waals surface area (Å²) in [6.07, 6.45) is 3.04. The van der Waals surface area contributed by atoms with Crippen molar-refractivity contribution in [2.24, 2.45) is 0 Å². The van der Waals surface area contributed by atoms with Crippen molar-refractivity contribution in [2.45, 2.75) is 18.8 Å². The Morgan fingerprint density at radius 1 is 1.65 bits per heavy atom. The number of aromatic carboxylic acids is 1. The molecule has 92 valence electrons. The van der Waals surface area contributed by atoms with Crippen LogP contribution >= 0.6 is 0 Å². The molecule has 2 N–H and O–H groups in total. The number of rotatable bonds is 2. The molecule has 2 rings (SSSR count). The average Bonchev–Trinajstić information content (AvgIpc) is 2.28. The van der Waals surface area contributed by atoms with Gasteiger partial charge < -0.3 is 15.0 Å². The number of carboxylic acids is 1. The van der Waals surface area contributed by atoms with Crippen molar-refractivity contribution in [3.63, 3.8) is 0 Å². The van der Waals surface area contributed by atoms with E-state index in [2.05, 4.69) is 14.9 Å². The number of H-pyrrole nitrogens is 1. The van der Waals surface area contributed by atoms with Gasteiger partial charge in [0.05, 0.1) is 5.56 Å². The molecule has 0 bridgehead atoms. The Morgan fingerprint density at radius 2 is 2.41 bits per heavy atom. The second-order valence-corrected chi connectivity index (χ2v) is 4.42. The number of hydrogen-bond acceptors (Lipinski definition) is 4. The summed E-state index contributed by atoms with van der Waals surface area (Å²) in [7, 11) is 1.99. The fraction of sp³-hybridized carbons (Fsp3) is 0.545. The molecular weight excluding hydrogens is 222 g/mol. The number of carbonyl (C=O) groups is 1. The van der Waals surface area contributed by atoms with Gasteiger partial charge in [-0.15, -0.1) is 0 Å². The molecule has 0 amide bonds. The summed E-state index contributed by atoms with van der Waals surface area (Å²) in [6.45, 7) is 1.77. The zero-order chi connectivity index (χ0) is 12.4. The molecule has 17 heavy (non-hydrogen) atoms. The van der Waals surface area contributed by atoms with Gasteiger partial charge in [-0.1, -0.05) is 0 Å². The summed E-state index contributed by atoms with van der Waals surface area (Å²) in [6, 6.07) is 0. The lowest BCUT2D eigenvalue weighted by molar-refractivity contribution is 0.0693. The number of likely N-dealkylation sites (tertiary alicyclic amines) is 1. The average molecular weight is 237 g/mol. The highest BCUT2D eigenvalue weighted by Crippen LogP contribution is 2.26. The number of aromatic nitrogens is 2. The van der Waals surface area contributed by atoms with E-state index in [1.54, 1.807) is 0 Å². The predicted octanol–water partition coefficient (Wildman–Crippen LogP) is 0.277. The number of carboxylic acid groups (broad SMARTS) is 1. The van der Waals surface area contributed by atoms with E-state index in [0.29, 0.717) is 5.69 Å². The normalized spacial score (nSPS) is 21.4. The lowest BCUT2D eigenvalue weighted by atomic mass is 9.92. The molecule has 1 fully saturated rings. The second-order valence-electron chi connectivity index (χ2n) is 4.42. The third-order valence-corrected chi connectivity index (χ3v) is 3.11. The Bertz CT molecular complexity index is 483. The van der Waals surface area contributed by atoms with Crippen molar-refractivity contribution >= 4 is 5.97 Å². The third-order valence-electron chi connectivity index (χ3n) is 3.11. The van der Waals surface area contributed by atoms with Crippen molar-refractivity contribution in [3.8, 4) is 0 Å². The van der Waals surface area contributed by atoms with E-state index >= 15 is 0 Å². The smallest absolute Gasteiger partial charge is 0.345 e. The quantitative estimate of drug-likeness (QED) is 0.771. The molecule has 6 nitrogen and oxygen atoms in total. The molecular formula is C11H15N3O3. The SMILES string of the molecule is CN1CCCC(c2[nH]c(=O)ncc2C(=O)O)C1. The van der Waals surface area contributed by atoms with Crippen LogP contribution in [-0.2, 0) is 0 Å². The summed E-state index contributed by atoms with van der Waals surface area (Å²) < 4.78 is 0. The van der Waals surface area contributed by atoms with E-state index in [-0.39, 0.29) is 11.5 Å². The van der Waals surface area contributed by atoms with E-state index < -0.39 is 11.7 Å². The maximum atomic E-state index is 11.2. The molecule has 1 aromatic rings. The summed E-state index contributed by atoms with van der Waals surface area (Å²) >= 11 is 0. The topological polar surface area (TPSA) is 86.3 Å².